The van der Waals surface area contributed by atoms with Crippen LogP contribution in [0.1, 0.15) is 32.3 Å². The van der Waals surface area contributed by atoms with Gasteiger partial charge >= 0.3 is 0 Å². The van der Waals surface area contributed by atoms with E-state index in [9.17, 15) is 0 Å². The topological polar surface area (TPSA) is 34.1 Å². The fraction of sp³-hybridized carbons (Fsp3) is 0.615. The molecule has 1 rings (SSSR count). The van der Waals surface area contributed by atoms with Gasteiger partial charge in [-0.15, -0.1) is 0 Å². The number of rotatable bonds is 7. The number of hydrogen-bond acceptors (Lipinski definition) is 3. The van der Waals surface area contributed by atoms with Crippen LogP contribution in [-0.4, -0.2) is 18.6 Å². The van der Waals surface area contributed by atoms with E-state index in [4.69, 9.17) is 4.74 Å². The highest BCUT2D eigenvalue weighted by Gasteiger charge is 2.05. The molecule has 0 bridgehead atoms. The Balaban J connectivity index is 2.52. The molecular weight excluding hydrogens is 200 g/mol. The second-order valence-electron chi connectivity index (χ2n) is 4.22. The van der Waals surface area contributed by atoms with Gasteiger partial charge in [-0.3, -0.25) is 4.98 Å². The van der Waals surface area contributed by atoms with E-state index < -0.39 is 0 Å². The van der Waals surface area contributed by atoms with Crippen LogP contribution >= 0.6 is 0 Å². The number of hydrogen-bond donors (Lipinski definition) is 1. The summed E-state index contributed by atoms with van der Waals surface area (Å²) < 4.78 is 5.82. The molecule has 0 amide bonds. The van der Waals surface area contributed by atoms with Crippen LogP contribution in [0.4, 0.5) is 0 Å². The van der Waals surface area contributed by atoms with Crippen molar-refractivity contribution in [3.05, 3.63) is 24.0 Å². The van der Waals surface area contributed by atoms with Crippen molar-refractivity contribution in [1.29, 1.82) is 0 Å². The number of pyridine rings is 1. The lowest BCUT2D eigenvalue weighted by Gasteiger charge is -2.14. The highest BCUT2D eigenvalue weighted by molar-refractivity contribution is 5.29. The lowest BCUT2D eigenvalue weighted by atomic mass is 10.1. The average molecular weight is 222 g/mol. The minimum Gasteiger partial charge on any atom is -0.493 e. The van der Waals surface area contributed by atoms with Crippen molar-refractivity contribution >= 4 is 0 Å². The van der Waals surface area contributed by atoms with Gasteiger partial charge in [-0.25, -0.2) is 0 Å². The van der Waals surface area contributed by atoms with Crippen molar-refractivity contribution in [3.8, 4) is 5.75 Å². The van der Waals surface area contributed by atoms with Gasteiger partial charge in [-0.2, -0.15) is 0 Å². The molecule has 0 spiro atoms. The van der Waals surface area contributed by atoms with E-state index in [0.717, 1.165) is 24.5 Å². The molecule has 16 heavy (non-hydrogen) atoms. The minimum atomic E-state index is 0.612. The monoisotopic (exact) mass is 222 g/mol. The first-order valence-electron chi connectivity index (χ1n) is 5.98. The SMILES string of the molecule is CCCC(C)COc1ccncc1CNC. The molecule has 3 heteroatoms. The molecule has 1 N–H and O–H groups in total. The summed E-state index contributed by atoms with van der Waals surface area (Å²) in [5, 5.41) is 3.12. The number of ether oxygens (including phenoxy) is 1. The van der Waals surface area contributed by atoms with Gasteiger partial charge < -0.3 is 10.1 Å². The van der Waals surface area contributed by atoms with Crippen LogP contribution in [0.5, 0.6) is 5.75 Å². The standard InChI is InChI=1S/C13H22N2O/c1-4-5-11(2)10-16-13-6-7-15-9-12(13)8-14-3/h6-7,9,11,14H,4-5,8,10H2,1-3H3. The molecule has 1 atom stereocenters. The van der Waals surface area contributed by atoms with Gasteiger partial charge in [0, 0.05) is 24.5 Å². The van der Waals surface area contributed by atoms with Crippen molar-refractivity contribution in [3.63, 3.8) is 0 Å². The first-order valence-corrected chi connectivity index (χ1v) is 5.98. The molecule has 0 aromatic carbocycles. The number of nitrogens with zero attached hydrogens (tertiary/aromatic N) is 1. The van der Waals surface area contributed by atoms with Gasteiger partial charge in [0.2, 0.25) is 0 Å². The molecule has 1 unspecified atom stereocenters. The van der Waals surface area contributed by atoms with Gasteiger partial charge in [0.1, 0.15) is 5.75 Å². The second kappa shape index (κ2) is 7.23. The fourth-order valence-electron chi connectivity index (χ4n) is 1.69. The third-order valence-electron chi connectivity index (χ3n) is 2.53. The van der Waals surface area contributed by atoms with Crippen LogP contribution in [-0.2, 0) is 6.54 Å². The highest BCUT2D eigenvalue weighted by Crippen LogP contribution is 2.18. The molecule has 1 aromatic heterocycles. The maximum Gasteiger partial charge on any atom is 0.126 e. The van der Waals surface area contributed by atoms with E-state index >= 15 is 0 Å². The van der Waals surface area contributed by atoms with Crippen molar-refractivity contribution in [2.45, 2.75) is 33.2 Å². The van der Waals surface area contributed by atoms with Crippen LogP contribution in [0.15, 0.2) is 18.5 Å². The van der Waals surface area contributed by atoms with Crippen LogP contribution in [0.2, 0.25) is 0 Å². The third kappa shape index (κ3) is 4.19. The summed E-state index contributed by atoms with van der Waals surface area (Å²) in [6.07, 6.45) is 6.06. The minimum absolute atomic E-state index is 0.612. The molecular formula is C13H22N2O. The molecule has 0 aliphatic rings. The maximum absolute atomic E-state index is 5.82. The Kier molecular flexibility index (Phi) is 5.86. The second-order valence-corrected chi connectivity index (χ2v) is 4.22. The Morgan fingerprint density at radius 3 is 3.00 bits per heavy atom. The Bertz CT molecular complexity index is 302. The summed E-state index contributed by atoms with van der Waals surface area (Å²) in [6.45, 7) is 6.01. The molecule has 3 nitrogen and oxygen atoms in total. The zero-order chi connectivity index (χ0) is 11.8. The Labute approximate surface area is 98.2 Å². The molecule has 0 radical (unpaired) electrons. The van der Waals surface area contributed by atoms with E-state index in [1.54, 1.807) is 6.20 Å². The molecule has 0 aliphatic heterocycles. The molecule has 0 saturated heterocycles. The van der Waals surface area contributed by atoms with E-state index in [1.807, 2.05) is 19.3 Å². The molecule has 0 aliphatic carbocycles. The Morgan fingerprint density at radius 2 is 2.31 bits per heavy atom. The largest absolute Gasteiger partial charge is 0.493 e. The van der Waals surface area contributed by atoms with Crippen molar-refractivity contribution in [1.82, 2.24) is 10.3 Å². The summed E-state index contributed by atoms with van der Waals surface area (Å²) in [6, 6.07) is 1.94. The van der Waals surface area contributed by atoms with E-state index in [1.165, 1.54) is 12.8 Å². The Hall–Kier alpha value is -1.09. The predicted octanol–water partition coefficient (Wildman–Crippen LogP) is 2.62. The molecule has 0 fully saturated rings. The van der Waals surface area contributed by atoms with Crippen LogP contribution in [0.25, 0.3) is 0 Å². The number of nitrogens with one attached hydrogen (secondary N) is 1. The van der Waals surface area contributed by atoms with Crippen LogP contribution < -0.4 is 10.1 Å². The number of aromatic nitrogens is 1. The molecule has 90 valence electrons. The van der Waals surface area contributed by atoms with Gasteiger partial charge in [0.25, 0.3) is 0 Å². The quantitative estimate of drug-likeness (QED) is 0.770. The summed E-state index contributed by atoms with van der Waals surface area (Å²) in [5.74, 6) is 1.56. The normalized spacial score (nSPS) is 12.4. The maximum atomic E-state index is 5.82. The van der Waals surface area contributed by atoms with Gasteiger partial charge in [0.05, 0.1) is 6.61 Å². The predicted molar refractivity (Wildman–Crippen MR) is 66.6 cm³/mol. The summed E-state index contributed by atoms with van der Waals surface area (Å²) in [5.41, 5.74) is 1.12. The van der Waals surface area contributed by atoms with Gasteiger partial charge in [-0.05, 0) is 25.5 Å². The van der Waals surface area contributed by atoms with Crippen molar-refractivity contribution in [2.24, 2.45) is 5.92 Å². The molecule has 1 heterocycles. The first kappa shape index (κ1) is 13.0. The van der Waals surface area contributed by atoms with Crippen LogP contribution in [0.3, 0.4) is 0 Å². The van der Waals surface area contributed by atoms with Crippen molar-refractivity contribution in [2.75, 3.05) is 13.7 Å². The highest BCUT2D eigenvalue weighted by atomic mass is 16.5. The summed E-state index contributed by atoms with van der Waals surface area (Å²) in [4.78, 5) is 4.11. The molecule has 1 aromatic rings. The Morgan fingerprint density at radius 1 is 1.50 bits per heavy atom. The van der Waals surface area contributed by atoms with Gasteiger partial charge in [-0.1, -0.05) is 20.3 Å². The lowest BCUT2D eigenvalue weighted by Crippen LogP contribution is -2.12. The van der Waals surface area contributed by atoms with E-state index in [0.29, 0.717) is 5.92 Å². The lowest BCUT2D eigenvalue weighted by molar-refractivity contribution is 0.249. The van der Waals surface area contributed by atoms with E-state index in [2.05, 4.69) is 24.1 Å². The smallest absolute Gasteiger partial charge is 0.126 e. The molecule has 0 saturated carbocycles. The van der Waals surface area contributed by atoms with Crippen molar-refractivity contribution < 1.29 is 4.74 Å². The third-order valence-corrected chi connectivity index (χ3v) is 2.53. The summed E-state index contributed by atoms with van der Waals surface area (Å²) >= 11 is 0. The zero-order valence-electron chi connectivity index (χ0n) is 10.5. The zero-order valence-corrected chi connectivity index (χ0v) is 10.5. The summed E-state index contributed by atoms with van der Waals surface area (Å²) in [7, 11) is 1.93. The van der Waals surface area contributed by atoms with E-state index in [-0.39, 0.29) is 0 Å². The average Bonchev–Trinajstić information content (AvgIpc) is 2.29. The van der Waals surface area contributed by atoms with Crippen LogP contribution in [0, 0.1) is 5.92 Å². The van der Waals surface area contributed by atoms with Gasteiger partial charge in [0.15, 0.2) is 0 Å². The first-order chi connectivity index (χ1) is 7.77. The fourth-order valence-corrected chi connectivity index (χ4v) is 1.69.